The zero-order valence-electron chi connectivity index (χ0n) is 11.3. The van der Waals surface area contributed by atoms with Gasteiger partial charge in [0.2, 0.25) is 0 Å². The molecule has 1 aliphatic rings. The van der Waals surface area contributed by atoms with Gasteiger partial charge in [-0.05, 0) is 37.6 Å². The summed E-state index contributed by atoms with van der Waals surface area (Å²) in [5.74, 6) is 0.124. The summed E-state index contributed by atoms with van der Waals surface area (Å²) in [6, 6.07) is 5.27. The fourth-order valence-electron chi connectivity index (χ4n) is 2.83. The molecule has 2 rings (SSSR count). The van der Waals surface area contributed by atoms with Crippen molar-refractivity contribution in [2.24, 2.45) is 0 Å². The standard InChI is InChI=1S/C15H19NO3/c1-4-19-8-7-16-10(2)15(11(3)17)13-9-12(18)5-6-14(13)16/h4-6,9-10,15,18H,1,7-8H2,2-3H3/t10-,15-/m0/s1. The number of phenolic OH excluding ortho intramolecular Hbond substituents is 1. The van der Waals surface area contributed by atoms with Gasteiger partial charge in [-0.1, -0.05) is 6.58 Å². The smallest absolute Gasteiger partial charge is 0.139 e. The highest BCUT2D eigenvalue weighted by molar-refractivity contribution is 5.89. The Balaban J connectivity index is 2.32. The number of ketones is 1. The number of Topliss-reactive ketones (excluding diaryl/α,β-unsaturated/α-hetero) is 1. The predicted molar refractivity (Wildman–Crippen MR) is 74.5 cm³/mol. The SMILES string of the molecule is C=COCCN1c2ccc(O)cc2[C@H](C(C)=O)[C@@H]1C. The zero-order chi connectivity index (χ0) is 14.0. The second-order valence-corrected chi connectivity index (χ2v) is 4.80. The van der Waals surface area contributed by atoms with Crippen LogP contribution in [0, 0.1) is 0 Å². The second kappa shape index (κ2) is 5.34. The maximum Gasteiger partial charge on any atom is 0.139 e. The van der Waals surface area contributed by atoms with Crippen LogP contribution >= 0.6 is 0 Å². The molecule has 4 heteroatoms. The molecule has 0 spiro atoms. The monoisotopic (exact) mass is 261 g/mol. The quantitative estimate of drug-likeness (QED) is 0.653. The van der Waals surface area contributed by atoms with Crippen molar-refractivity contribution in [3.05, 3.63) is 36.6 Å². The minimum atomic E-state index is -0.189. The first-order valence-electron chi connectivity index (χ1n) is 6.38. The Kier molecular flexibility index (Phi) is 3.79. The van der Waals surface area contributed by atoms with E-state index in [-0.39, 0.29) is 23.5 Å². The first kappa shape index (κ1) is 13.5. The lowest BCUT2D eigenvalue weighted by Crippen LogP contribution is -2.35. The number of carbonyl (C=O) groups excluding carboxylic acids is 1. The van der Waals surface area contributed by atoms with Gasteiger partial charge in [-0.25, -0.2) is 0 Å². The molecule has 0 aliphatic carbocycles. The molecule has 1 aromatic carbocycles. The van der Waals surface area contributed by atoms with E-state index < -0.39 is 0 Å². The summed E-state index contributed by atoms with van der Waals surface area (Å²) in [6.07, 6.45) is 1.42. The lowest BCUT2D eigenvalue weighted by molar-refractivity contribution is -0.118. The van der Waals surface area contributed by atoms with E-state index in [1.807, 2.05) is 13.0 Å². The average Bonchev–Trinajstić information content (AvgIpc) is 2.62. The molecule has 4 nitrogen and oxygen atoms in total. The van der Waals surface area contributed by atoms with Gasteiger partial charge < -0.3 is 14.7 Å². The van der Waals surface area contributed by atoms with Crippen LogP contribution in [0.3, 0.4) is 0 Å². The highest BCUT2D eigenvalue weighted by Gasteiger charge is 2.38. The first-order chi connectivity index (χ1) is 9.06. The summed E-state index contributed by atoms with van der Waals surface area (Å²) in [4.78, 5) is 14.0. The maximum absolute atomic E-state index is 11.9. The third-order valence-corrected chi connectivity index (χ3v) is 3.64. The summed E-state index contributed by atoms with van der Waals surface area (Å²) in [5.41, 5.74) is 1.90. The molecule has 0 bridgehead atoms. The molecule has 0 aromatic heterocycles. The Morgan fingerprint density at radius 3 is 2.95 bits per heavy atom. The van der Waals surface area contributed by atoms with Crippen LogP contribution in [0.4, 0.5) is 5.69 Å². The van der Waals surface area contributed by atoms with Gasteiger partial charge in [0.25, 0.3) is 0 Å². The van der Waals surface area contributed by atoms with E-state index in [0.717, 1.165) is 11.3 Å². The molecule has 0 radical (unpaired) electrons. The highest BCUT2D eigenvalue weighted by Crippen LogP contribution is 2.42. The van der Waals surface area contributed by atoms with Gasteiger partial charge >= 0.3 is 0 Å². The van der Waals surface area contributed by atoms with E-state index in [0.29, 0.717) is 13.2 Å². The number of carbonyl (C=O) groups is 1. The van der Waals surface area contributed by atoms with E-state index in [1.165, 1.54) is 6.26 Å². The van der Waals surface area contributed by atoms with Gasteiger partial charge in [0.05, 0.1) is 18.7 Å². The molecule has 0 amide bonds. The minimum Gasteiger partial charge on any atom is -0.508 e. The number of rotatable bonds is 5. The molecule has 0 saturated heterocycles. The van der Waals surface area contributed by atoms with Gasteiger partial charge in [0.1, 0.15) is 18.1 Å². The van der Waals surface area contributed by atoms with Crippen molar-refractivity contribution in [1.29, 1.82) is 0 Å². The molecule has 1 heterocycles. The van der Waals surface area contributed by atoms with Crippen molar-refractivity contribution in [1.82, 2.24) is 0 Å². The summed E-state index contributed by atoms with van der Waals surface area (Å²) in [6.45, 7) is 8.35. The number of phenols is 1. The van der Waals surface area contributed by atoms with Gasteiger partial charge in [-0.2, -0.15) is 0 Å². The molecule has 1 N–H and O–H groups in total. The van der Waals surface area contributed by atoms with Crippen LogP contribution < -0.4 is 4.90 Å². The number of hydrogen-bond donors (Lipinski definition) is 1. The number of hydrogen-bond acceptors (Lipinski definition) is 4. The number of benzene rings is 1. The van der Waals surface area contributed by atoms with Gasteiger partial charge in [-0.3, -0.25) is 4.79 Å². The molecule has 1 aliphatic heterocycles. The van der Waals surface area contributed by atoms with Crippen LogP contribution in [0.1, 0.15) is 25.3 Å². The molecule has 19 heavy (non-hydrogen) atoms. The van der Waals surface area contributed by atoms with E-state index in [4.69, 9.17) is 4.74 Å². The van der Waals surface area contributed by atoms with Crippen LogP contribution in [-0.4, -0.2) is 30.1 Å². The van der Waals surface area contributed by atoms with Crippen molar-refractivity contribution < 1.29 is 14.6 Å². The average molecular weight is 261 g/mol. The fraction of sp³-hybridized carbons (Fsp3) is 0.400. The molecule has 0 unspecified atom stereocenters. The van der Waals surface area contributed by atoms with Crippen LogP contribution in [0.2, 0.25) is 0 Å². The summed E-state index contributed by atoms with van der Waals surface area (Å²) >= 11 is 0. The van der Waals surface area contributed by atoms with Crippen molar-refractivity contribution >= 4 is 11.5 Å². The molecular weight excluding hydrogens is 242 g/mol. The largest absolute Gasteiger partial charge is 0.508 e. The predicted octanol–water partition coefficient (Wildman–Crippen LogP) is 2.43. The van der Waals surface area contributed by atoms with Crippen molar-refractivity contribution in [2.45, 2.75) is 25.8 Å². The zero-order valence-corrected chi connectivity index (χ0v) is 11.3. The Bertz CT molecular complexity index is 498. The number of anilines is 1. The third kappa shape index (κ3) is 2.43. The topological polar surface area (TPSA) is 49.8 Å². The molecule has 1 aromatic rings. The van der Waals surface area contributed by atoms with Crippen LogP contribution in [0.15, 0.2) is 31.0 Å². The second-order valence-electron chi connectivity index (χ2n) is 4.80. The number of aromatic hydroxyl groups is 1. The lowest BCUT2D eigenvalue weighted by atomic mass is 9.92. The van der Waals surface area contributed by atoms with Crippen molar-refractivity contribution in [3.8, 4) is 5.75 Å². The van der Waals surface area contributed by atoms with Gasteiger partial charge in [0, 0.05) is 11.7 Å². The van der Waals surface area contributed by atoms with E-state index >= 15 is 0 Å². The first-order valence-corrected chi connectivity index (χ1v) is 6.38. The van der Waals surface area contributed by atoms with Crippen molar-refractivity contribution in [3.63, 3.8) is 0 Å². The van der Waals surface area contributed by atoms with Crippen LogP contribution in [-0.2, 0) is 9.53 Å². The fourth-order valence-corrected chi connectivity index (χ4v) is 2.83. The Morgan fingerprint density at radius 1 is 1.58 bits per heavy atom. The maximum atomic E-state index is 11.9. The van der Waals surface area contributed by atoms with Crippen LogP contribution in [0.5, 0.6) is 5.75 Å². The molecule has 0 fully saturated rings. The highest BCUT2D eigenvalue weighted by atomic mass is 16.5. The number of nitrogens with zero attached hydrogens (tertiary/aromatic N) is 1. The number of fused-ring (bicyclic) bond motifs is 1. The van der Waals surface area contributed by atoms with Crippen LogP contribution in [0.25, 0.3) is 0 Å². The van der Waals surface area contributed by atoms with E-state index in [9.17, 15) is 9.90 Å². The molecule has 0 saturated carbocycles. The summed E-state index contributed by atoms with van der Waals surface area (Å²) in [5, 5.41) is 9.61. The van der Waals surface area contributed by atoms with Gasteiger partial charge in [0.15, 0.2) is 0 Å². The number of ether oxygens (including phenoxy) is 1. The normalized spacial score (nSPS) is 21.1. The molecular formula is C15H19NO3. The third-order valence-electron chi connectivity index (χ3n) is 3.64. The Morgan fingerprint density at radius 2 is 2.32 bits per heavy atom. The molecule has 2 atom stereocenters. The molecule has 102 valence electrons. The van der Waals surface area contributed by atoms with E-state index in [1.54, 1.807) is 19.1 Å². The summed E-state index contributed by atoms with van der Waals surface area (Å²) < 4.78 is 5.17. The Labute approximate surface area is 113 Å². The van der Waals surface area contributed by atoms with E-state index in [2.05, 4.69) is 11.5 Å². The lowest BCUT2D eigenvalue weighted by Gasteiger charge is -2.26. The Hall–Kier alpha value is -1.97. The summed E-state index contributed by atoms with van der Waals surface area (Å²) in [7, 11) is 0. The van der Waals surface area contributed by atoms with Crippen molar-refractivity contribution in [2.75, 3.05) is 18.1 Å². The van der Waals surface area contributed by atoms with Gasteiger partial charge in [-0.15, -0.1) is 0 Å². The minimum absolute atomic E-state index is 0.0720.